The van der Waals surface area contributed by atoms with Crippen LogP contribution in [0.5, 0.6) is 0 Å². The molecule has 0 saturated carbocycles. The van der Waals surface area contributed by atoms with Crippen LogP contribution in [-0.4, -0.2) is 23.0 Å². The molecule has 2 aromatic heterocycles. The van der Waals surface area contributed by atoms with Gasteiger partial charge in [-0.15, -0.1) is 0 Å². The van der Waals surface area contributed by atoms with Gasteiger partial charge < -0.3 is 9.72 Å². The molecule has 0 amide bonds. The molecule has 2 aromatic carbocycles. The van der Waals surface area contributed by atoms with Crippen LogP contribution in [0.1, 0.15) is 27.3 Å². The predicted octanol–water partition coefficient (Wildman–Crippen LogP) is 5.25. The van der Waals surface area contributed by atoms with Crippen molar-refractivity contribution in [2.75, 3.05) is 7.11 Å². The van der Waals surface area contributed by atoms with Gasteiger partial charge in [0.25, 0.3) is 0 Å². The monoisotopic (exact) mass is 368 g/mol. The number of carbonyl (C=O) groups excluding carboxylic acids is 1. The molecule has 2 heterocycles. The van der Waals surface area contributed by atoms with E-state index >= 15 is 0 Å². The van der Waals surface area contributed by atoms with Crippen LogP contribution in [0.4, 0.5) is 0 Å². The lowest BCUT2D eigenvalue weighted by Gasteiger charge is -2.07. The molecule has 1 N–H and O–H groups in total. The molecule has 4 heteroatoms. The third-order valence-corrected chi connectivity index (χ3v) is 4.79. The van der Waals surface area contributed by atoms with Crippen molar-refractivity contribution in [2.45, 2.75) is 6.42 Å². The van der Waals surface area contributed by atoms with E-state index in [1.54, 1.807) is 6.07 Å². The number of pyridine rings is 1. The fraction of sp³-hybridized carbons (Fsp3) is 0.0833. The van der Waals surface area contributed by atoms with Gasteiger partial charge in [-0.1, -0.05) is 61.2 Å². The molecule has 0 fully saturated rings. The number of H-pyrrole nitrogens is 1. The summed E-state index contributed by atoms with van der Waals surface area (Å²) in [5.74, 6) is -0.431. The molecule has 0 spiro atoms. The number of carbonyl (C=O) groups is 1. The third kappa shape index (κ3) is 3.32. The van der Waals surface area contributed by atoms with Gasteiger partial charge in [-0.3, -0.25) is 0 Å². The molecule has 0 aliphatic rings. The smallest absolute Gasteiger partial charge is 0.356 e. The van der Waals surface area contributed by atoms with E-state index in [0.29, 0.717) is 12.1 Å². The first-order chi connectivity index (χ1) is 13.7. The van der Waals surface area contributed by atoms with Crippen molar-refractivity contribution < 1.29 is 9.53 Å². The number of aromatic amines is 1. The fourth-order valence-electron chi connectivity index (χ4n) is 3.41. The SMILES string of the molecule is C=Cc1ccc2c(Cc3cccc(C(=O)OC)n3)c(-c3ccccc3)[nH]c2c1. The van der Waals surface area contributed by atoms with E-state index in [1.165, 1.54) is 7.11 Å². The van der Waals surface area contributed by atoms with Crippen LogP contribution >= 0.6 is 0 Å². The van der Waals surface area contributed by atoms with Crippen molar-refractivity contribution in [3.63, 3.8) is 0 Å². The summed E-state index contributed by atoms with van der Waals surface area (Å²) in [6.45, 7) is 3.86. The second-order valence-electron chi connectivity index (χ2n) is 6.54. The second kappa shape index (κ2) is 7.53. The van der Waals surface area contributed by atoms with Gasteiger partial charge in [-0.05, 0) is 34.9 Å². The van der Waals surface area contributed by atoms with Crippen LogP contribution in [0, 0.1) is 0 Å². The van der Waals surface area contributed by atoms with Crippen LogP contribution in [0.2, 0.25) is 0 Å². The van der Waals surface area contributed by atoms with E-state index in [2.05, 4.69) is 46.9 Å². The zero-order valence-corrected chi connectivity index (χ0v) is 15.6. The molecular formula is C24H20N2O2. The Bertz CT molecular complexity index is 1160. The Kier molecular flexibility index (Phi) is 4.77. The highest BCUT2D eigenvalue weighted by atomic mass is 16.5. The van der Waals surface area contributed by atoms with E-state index < -0.39 is 5.97 Å². The number of ether oxygens (including phenoxy) is 1. The highest BCUT2D eigenvalue weighted by Gasteiger charge is 2.15. The van der Waals surface area contributed by atoms with Crippen LogP contribution < -0.4 is 0 Å². The molecular weight excluding hydrogens is 348 g/mol. The van der Waals surface area contributed by atoms with Crippen LogP contribution in [-0.2, 0) is 11.2 Å². The van der Waals surface area contributed by atoms with Crippen molar-refractivity contribution in [1.29, 1.82) is 0 Å². The molecule has 4 rings (SSSR count). The standard InChI is InChI=1S/C24H20N2O2/c1-3-16-12-13-19-20(15-18-10-7-11-21(25-18)24(27)28-2)23(26-22(19)14-16)17-8-5-4-6-9-17/h3-14,26H,1,15H2,2H3. The molecule has 0 bridgehead atoms. The molecule has 0 aliphatic heterocycles. The molecule has 0 saturated heterocycles. The molecule has 28 heavy (non-hydrogen) atoms. The topological polar surface area (TPSA) is 55.0 Å². The quantitative estimate of drug-likeness (QED) is 0.490. The fourth-order valence-corrected chi connectivity index (χ4v) is 3.41. The summed E-state index contributed by atoms with van der Waals surface area (Å²) in [6.07, 6.45) is 2.44. The Morgan fingerprint density at radius 1 is 1.11 bits per heavy atom. The number of aromatic nitrogens is 2. The number of esters is 1. The summed E-state index contributed by atoms with van der Waals surface area (Å²) in [6, 6.07) is 21.9. The Morgan fingerprint density at radius 3 is 2.68 bits per heavy atom. The van der Waals surface area contributed by atoms with Crippen LogP contribution in [0.25, 0.3) is 28.2 Å². The normalized spacial score (nSPS) is 10.8. The van der Waals surface area contributed by atoms with E-state index in [1.807, 2.05) is 36.4 Å². The van der Waals surface area contributed by atoms with E-state index in [0.717, 1.165) is 39.0 Å². The lowest BCUT2D eigenvalue weighted by atomic mass is 10.00. The summed E-state index contributed by atoms with van der Waals surface area (Å²) in [4.78, 5) is 19.9. The van der Waals surface area contributed by atoms with Gasteiger partial charge in [0.1, 0.15) is 5.69 Å². The van der Waals surface area contributed by atoms with Crippen molar-refractivity contribution in [3.8, 4) is 11.3 Å². The van der Waals surface area contributed by atoms with E-state index in [-0.39, 0.29) is 0 Å². The largest absolute Gasteiger partial charge is 0.464 e. The van der Waals surface area contributed by atoms with Gasteiger partial charge in [-0.2, -0.15) is 0 Å². The predicted molar refractivity (Wildman–Crippen MR) is 112 cm³/mol. The first-order valence-corrected chi connectivity index (χ1v) is 9.06. The third-order valence-electron chi connectivity index (χ3n) is 4.79. The lowest BCUT2D eigenvalue weighted by molar-refractivity contribution is 0.0593. The Labute approximate surface area is 163 Å². The maximum Gasteiger partial charge on any atom is 0.356 e. The zero-order valence-electron chi connectivity index (χ0n) is 15.6. The number of hydrogen-bond acceptors (Lipinski definition) is 3. The molecule has 0 unspecified atom stereocenters. The minimum Gasteiger partial charge on any atom is -0.464 e. The van der Waals surface area contributed by atoms with Gasteiger partial charge >= 0.3 is 5.97 Å². The number of rotatable bonds is 5. The number of fused-ring (bicyclic) bond motifs is 1. The average molecular weight is 368 g/mol. The Hall–Kier alpha value is -3.66. The van der Waals surface area contributed by atoms with Gasteiger partial charge in [0.05, 0.1) is 12.8 Å². The number of nitrogens with one attached hydrogen (secondary N) is 1. The molecule has 0 atom stereocenters. The Balaban J connectivity index is 1.85. The summed E-state index contributed by atoms with van der Waals surface area (Å²) in [5, 5.41) is 1.13. The molecule has 0 aliphatic carbocycles. The number of benzene rings is 2. The minimum atomic E-state index is -0.431. The highest BCUT2D eigenvalue weighted by molar-refractivity contribution is 5.92. The van der Waals surface area contributed by atoms with Crippen LogP contribution in [0.3, 0.4) is 0 Å². The maximum atomic E-state index is 11.8. The van der Waals surface area contributed by atoms with Crippen molar-refractivity contribution in [2.24, 2.45) is 0 Å². The van der Waals surface area contributed by atoms with E-state index in [9.17, 15) is 4.79 Å². The minimum absolute atomic E-state index is 0.315. The van der Waals surface area contributed by atoms with Gasteiger partial charge in [0.2, 0.25) is 0 Å². The molecule has 138 valence electrons. The first kappa shape index (κ1) is 17.7. The van der Waals surface area contributed by atoms with Gasteiger partial charge in [0.15, 0.2) is 0 Å². The number of nitrogens with zero attached hydrogens (tertiary/aromatic N) is 1. The molecule has 0 radical (unpaired) electrons. The first-order valence-electron chi connectivity index (χ1n) is 9.06. The van der Waals surface area contributed by atoms with Gasteiger partial charge in [-0.25, -0.2) is 9.78 Å². The second-order valence-corrected chi connectivity index (χ2v) is 6.54. The van der Waals surface area contributed by atoms with Crippen LogP contribution in [0.15, 0.2) is 73.3 Å². The van der Waals surface area contributed by atoms with Gasteiger partial charge in [0, 0.05) is 23.0 Å². The highest BCUT2D eigenvalue weighted by Crippen LogP contribution is 2.32. The average Bonchev–Trinajstić information content (AvgIpc) is 3.11. The zero-order chi connectivity index (χ0) is 19.5. The van der Waals surface area contributed by atoms with Crippen molar-refractivity contribution >= 4 is 22.9 Å². The summed E-state index contributed by atoms with van der Waals surface area (Å²) in [5.41, 5.74) is 6.55. The molecule has 4 aromatic rings. The number of methoxy groups -OCH3 is 1. The van der Waals surface area contributed by atoms with Crippen molar-refractivity contribution in [3.05, 3.63) is 95.8 Å². The summed E-state index contributed by atoms with van der Waals surface area (Å²) in [7, 11) is 1.36. The Morgan fingerprint density at radius 2 is 1.93 bits per heavy atom. The van der Waals surface area contributed by atoms with Crippen molar-refractivity contribution in [1.82, 2.24) is 9.97 Å². The van der Waals surface area contributed by atoms with E-state index in [4.69, 9.17) is 4.74 Å². The number of hydrogen-bond donors (Lipinski definition) is 1. The summed E-state index contributed by atoms with van der Waals surface area (Å²) >= 11 is 0. The lowest BCUT2D eigenvalue weighted by Crippen LogP contribution is -2.06. The molecule has 4 nitrogen and oxygen atoms in total. The summed E-state index contributed by atoms with van der Waals surface area (Å²) < 4.78 is 4.80. The maximum absolute atomic E-state index is 11.8.